The molecule has 0 aromatic carbocycles. The molecule has 0 spiro atoms. The fraction of sp³-hybridized carbons (Fsp3) is 0.667. The van der Waals surface area contributed by atoms with Gasteiger partial charge in [-0.15, -0.1) is 0 Å². The van der Waals surface area contributed by atoms with Gasteiger partial charge in [0.1, 0.15) is 0 Å². The topological polar surface area (TPSA) is 59.0 Å². The highest BCUT2D eigenvalue weighted by Crippen LogP contribution is 2.09. The summed E-state index contributed by atoms with van der Waals surface area (Å²) in [5.74, 6) is 0.320. The van der Waals surface area contributed by atoms with Crippen LogP contribution < -0.4 is 10.6 Å². The third-order valence-electron chi connectivity index (χ3n) is 3.12. The second-order valence-corrected chi connectivity index (χ2v) is 4.57. The molecule has 2 N–H and O–H groups in total. The minimum Gasteiger partial charge on any atom is -0.355 e. The van der Waals surface area contributed by atoms with E-state index in [0.717, 1.165) is 38.0 Å². The summed E-state index contributed by atoms with van der Waals surface area (Å²) in [4.78, 5) is 11.8. The standard InChI is InChI=1S/C12H20N4O/c1-16-8-5-11(15-16)4-7-14-12(17)10-3-2-6-13-9-10/h5,8,10,13H,2-4,6-7,9H2,1H3,(H,14,17)/t10-/m1/s1. The van der Waals surface area contributed by atoms with Crippen molar-refractivity contribution < 1.29 is 4.79 Å². The van der Waals surface area contributed by atoms with Crippen LogP contribution in [0.1, 0.15) is 18.5 Å². The normalized spacial score (nSPS) is 20.2. The summed E-state index contributed by atoms with van der Waals surface area (Å²) in [6, 6.07) is 1.98. The molecule has 2 rings (SSSR count). The maximum atomic E-state index is 11.8. The van der Waals surface area contributed by atoms with Crippen molar-refractivity contribution in [3.63, 3.8) is 0 Å². The maximum Gasteiger partial charge on any atom is 0.224 e. The summed E-state index contributed by atoms with van der Waals surface area (Å²) in [6.45, 7) is 2.53. The predicted octanol–water partition coefficient (Wildman–Crippen LogP) is 0.0784. The minimum atomic E-state index is 0.146. The number of amides is 1. The zero-order chi connectivity index (χ0) is 12.1. The number of nitrogens with one attached hydrogen (secondary N) is 2. The highest BCUT2D eigenvalue weighted by molar-refractivity contribution is 5.78. The second kappa shape index (κ2) is 5.82. The zero-order valence-corrected chi connectivity index (χ0v) is 10.3. The van der Waals surface area contributed by atoms with E-state index in [1.807, 2.05) is 19.3 Å². The molecule has 5 nitrogen and oxygen atoms in total. The number of hydrogen-bond acceptors (Lipinski definition) is 3. The number of rotatable bonds is 4. The monoisotopic (exact) mass is 236 g/mol. The molecule has 0 bridgehead atoms. The SMILES string of the molecule is Cn1ccc(CCNC(=O)[C@@H]2CCCNC2)n1. The molecule has 5 heteroatoms. The van der Waals surface area contributed by atoms with E-state index >= 15 is 0 Å². The van der Waals surface area contributed by atoms with E-state index in [4.69, 9.17) is 0 Å². The fourth-order valence-corrected chi connectivity index (χ4v) is 2.13. The lowest BCUT2D eigenvalue weighted by Crippen LogP contribution is -2.41. The molecule has 1 aromatic rings. The van der Waals surface area contributed by atoms with Crippen molar-refractivity contribution in [2.24, 2.45) is 13.0 Å². The molecule has 1 aliphatic rings. The summed E-state index contributed by atoms with van der Waals surface area (Å²) in [5, 5.41) is 10.5. The van der Waals surface area contributed by atoms with Gasteiger partial charge < -0.3 is 10.6 Å². The van der Waals surface area contributed by atoms with Crippen LogP contribution in [0.5, 0.6) is 0 Å². The Bertz CT molecular complexity index is 368. The average Bonchev–Trinajstić information content (AvgIpc) is 2.76. The van der Waals surface area contributed by atoms with Gasteiger partial charge in [-0.1, -0.05) is 0 Å². The zero-order valence-electron chi connectivity index (χ0n) is 10.3. The summed E-state index contributed by atoms with van der Waals surface area (Å²) in [6.07, 6.45) is 4.82. The van der Waals surface area contributed by atoms with Crippen LogP contribution in [0, 0.1) is 5.92 Å². The van der Waals surface area contributed by atoms with Gasteiger partial charge >= 0.3 is 0 Å². The van der Waals surface area contributed by atoms with Crippen molar-refractivity contribution in [1.82, 2.24) is 20.4 Å². The Hall–Kier alpha value is -1.36. The van der Waals surface area contributed by atoms with Crippen molar-refractivity contribution in [3.05, 3.63) is 18.0 Å². The van der Waals surface area contributed by atoms with Crippen molar-refractivity contribution in [3.8, 4) is 0 Å². The molecule has 1 fully saturated rings. The van der Waals surface area contributed by atoms with Crippen molar-refractivity contribution in [1.29, 1.82) is 0 Å². The number of aromatic nitrogens is 2. The van der Waals surface area contributed by atoms with Gasteiger partial charge in [-0.25, -0.2) is 0 Å². The summed E-state index contributed by atoms with van der Waals surface area (Å²) in [7, 11) is 1.90. The molecule has 94 valence electrons. The molecule has 17 heavy (non-hydrogen) atoms. The Morgan fingerprint density at radius 3 is 3.24 bits per heavy atom. The number of hydrogen-bond donors (Lipinski definition) is 2. The van der Waals surface area contributed by atoms with Crippen LogP contribution in [0.3, 0.4) is 0 Å². The molecule has 1 aromatic heterocycles. The lowest BCUT2D eigenvalue weighted by molar-refractivity contribution is -0.125. The van der Waals surface area contributed by atoms with Crippen molar-refractivity contribution in [2.45, 2.75) is 19.3 Å². The molecule has 0 radical (unpaired) electrons. The number of aryl methyl sites for hydroxylation is 1. The Labute approximate surface area is 102 Å². The average molecular weight is 236 g/mol. The van der Waals surface area contributed by atoms with Crippen LogP contribution in [0.15, 0.2) is 12.3 Å². The van der Waals surface area contributed by atoms with Crippen molar-refractivity contribution >= 4 is 5.91 Å². The first kappa shape index (κ1) is 12.1. The van der Waals surface area contributed by atoms with E-state index in [1.54, 1.807) is 4.68 Å². The molecular formula is C12H20N4O. The minimum absolute atomic E-state index is 0.146. The van der Waals surface area contributed by atoms with E-state index in [-0.39, 0.29) is 11.8 Å². The molecule has 0 unspecified atom stereocenters. The summed E-state index contributed by atoms with van der Waals surface area (Å²) in [5.41, 5.74) is 1.02. The molecular weight excluding hydrogens is 216 g/mol. The first-order chi connectivity index (χ1) is 8.25. The Morgan fingerprint density at radius 2 is 2.59 bits per heavy atom. The molecule has 0 aliphatic carbocycles. The lowest BCUT2D eigenvalue weighted by atomic mass is 9.99. The van der Waals surface area contributed by atoms with Gasteiger partial charge in [0.2, 0.25) is 5.91 Å². The molecule has 1 saturated heterocycles. The van der Waals surface area contributed by atoms with E-state index in [9.17, 15) is 4.79 Å². The Balaban J connectivity index is 1.69. The summed E-state index contributed by atoms with van der Waals surface area (Å²) < 4.78 is 1.78. The van der Waals surface area contributed by atoms with Gasteiger partial charge in [0.05, 0.1) is 11.6 Å². The first-order valence-electron chi connectivity index (χ1n) is 6.22. The van der Waals surface area contributed by atoms with E-state index in [0.29, 0.717) is 6.54 Å². The van der Waals surface area contributed by atoms with Gasteiger partial charge in [-0.2, -0.15) is 5.10 Å². The highest BCUT2D eigenvalue weighted by Gasteiger charge is 2.20. The smallest absolute Gasteiger partial charge is 0.224 e. The molecule has 0 saturated carbocycles. The van der Waals surface area contributed by atoms with Crippen LogP contribution in [-0.4, -0.2) is 35.3 Å². The third kappa shape index (κ3) is 3.56. The Morgan fingerprint density at radius 1 is 1.71 bits per heavy atom. The number of carbonyl (C=O) groups excluding carboxylic acids is 1. The third-order valence-corrected chi connectivity index (χ3v) is 3.12. The van der Waals surface area contributed by atoms with Crippen LogP contribution in [-0.2, 0) is 18.3 Å². The number of carbonyl (C=O) groups is 1. The van der Waals surface area contributed by atoms with E-state index in [2.05, 4.69) is 15.7 Å². The highest BCUT2D eigenvalue weighted by atomic mass is 16.1. The van der Waals surface area contributed by atoms with Gasteiger partial charge in [0.15, 0.2) is 0 Å². The van der Waals surface area contributed by atoms with Crippen LogP contribution in [0.2, 0.25) is 0 Å². The quantitative estimate of drug-likeness (QED) is 0.778. The van der Waals surface area contributed by atoms with Gasteiger partial charge in [-0.05, 0) is 25.5 Å². The number of nitrogens with zero attached hydrogens (tertiary/aromatic N) is 2. The predicted molar refractivity (Wildman–Crippen MR) is 65.5 cm³/mol. The second-order valence-electron chi connectivity index (χ2n) is 4.57. The molecule has 1 atom stereocenters. The van der Waals surface area contributed by atoms with Crippen molar-refractivity contribution in [2.75, 3.05) is 19.6 Å². The summed E-state index contributed by atoms with van der Waals surface area (Å²) >= 11 is 0. The first-order valence-corrected chi connectivity index (χ1v) is 6.22. The van der Waals surface area contributed by atoms with Gasteiger partial charge in [0.25, 0.3) is 0 Å². The number of piperidine rings is 1. The molecule has 1 aliphatic heterocycles. The van der Waals surface area contributed by atoms with E-state index < -0.39 is 0 Å². The molecule has 2 heterocycles. The van der Waals surface area contributed by atoms with Gasteiger partial charge in [0, 0.05) is 32.8 Å². The molecule has 1 amide bonds. The Kier molecular flexibility index (Phi) is 4.14. The largest absolute Gasteiger partial charge is 0.355 e. The lowest BCUT2D eigenvalue weighted by Gasteiger charge is -2.21. The maximum absolute atomic E-state index is 11.8. The van der Waals surface area contributed by atoms with E-state index in [1.165, 1.54) is 0 Å². The van der Waals surface area contributed by atoms with Crippen LogP contribution >= 0.6 is 0 Å². The van der Waals surface area contributed by atoms with Crippen LogP contribution in [0.25, 0.3) is 0 Å². The van der Waals surface area contributed by atoms with Gasteiger partial charge in [-0.3, -0.25) is 9.48 Å². The van der Waals surface area contributed by atoms with Crippen LogP contribution in [0.4, 0.5) is 0 Å². The fourth-order valence-electron chi connectivity index (χ4n) is 2.13.